The molecule has 0 saturated heterocycles. The molecule has 0 atom stereocenters. The molecule has 0 aliphatic carbocycles. The Morgan fingerprint density at radius 3 is 2.25 bits per heavy atom. The highest BCUT2D eigenvalue weighted by Gasteiger charge is 2.26. The van der Waals surface area contributed by atoms with Crippen molar-refractivity contribution in [2.45, 2.75) is 0 Å². The van der Waals surface area contributed by atoms with Crippen molar-refractivity contribution in [2.75, 3.05) is 19.5 Å². The quantitative estimate of drug-likeness (QED) is 0.478. The van der Waals surface area contributed by atoms with Crippen molar-refractivity contribution in [3.63, 3.8) is 0 Å². The van der Waals surface area contributed by atoms with Gasteiger partial charge in [-0.05, 0) is 53.5 Å². The van der Waals surface area contributed by atoms with Crippen LogP contribution in [0.5, 0.6) is 11.5 Å². The van der Waals surface area contributed by atoms with Gasteiger partial charge in [0.15, 0.2) is 11.4 Å². The molecule has 4 aromatic rings. The maximum absolute atomic E-state index is 5.57. The van der Waals surface area contributed by atoms with Crippen LogP contribution in [0.1, 0.15) is 0 Å². The minimum absolute atomic E-state index is 0.787. The van der Waals surface area contributed by atoms with Gasteiger partial charge in [-0.2, -0.15) is 0 Å². The molecule has 0 amide bonds. The molecule has 3 aromatic carbocycles. The Hall–Kier alpha value is -3.38. The second kappa shape index (κ2) is 8.10. The van der Waals surface area contributed by atoms with Crippen molar-refractivity contribution in [1.82, 2.24) is 4.98 Å². The SMILES string of the molecule is COc1ccc(Nc2nc(-c3ccccc3)[n+](-c3ccccc3OC)s2)cc1. The second-order valence-electron chi connectivity index (χ2n) is 6.02. The van der Waals surface area contributed by atoms with Crippen LogP contribution >= 0.6 is 11.5 Å². The minimum Gasteiger partial charge on any atom is -0.497 e. The molecule has 0 fully saturated rings. The van der Waals surface area contributed by atoms with Crippen molar-refractivity contribution in [2.24, 2.45) is 0 Å². The van der Waals surface area contributed by atoms with Gasteiger partial charge < -0.3 is 14.8 Å². The van der Waals surface area contributed by atoms with Gasteiger partial charge in [0.25, 0.3) is 0 Å². The summed E-state index contributed by atoms with van der Waals surface area (Å²) >= 11 is 1.52. The van der Waals surface area contributed by atoms with E-state index in [1.807, 2.05) is 66.7 Å². The Morgan fingerprint density at radius 1 is 0.821 bits per heavy atom. The van der Waals surface area contributed by atoms with Gasteiger partial charge in [0, 0.05) is 5.69 Å². The number of hydrogen-bond acceptors (Lipinski definition) is 5. The first-order valence-corrected chi connectivity index (χ1v) is 9.59. The number of ether oxygens (including phenoxy) is 2. The minimum atomic E-state index is 0.787. The van der Waals surface area contributed by atoms with E-state index in [0.29, 0.717) is 0 Å². The summed E-state index contributed by atoms with van der Waals surface area (Å²) in [5, 5.41) is 4.17. The Bertz CT molecular complexity index is 1060. The number of methoxy groups -OCH3 is 2. The van der Waals surface area contributed by atoms with Gasteiger partial charge in [-0.3, -0.25) is 0 Å². The number of nitrogens with zero attached hydrogens (tertiary/aromatic N) is 2. The molecule has 1 heterocycles. The van der Waals surface area contributed by atoms with E-state index in [0.717, 1.165) is 39.4 Å². The number of anilines is 2. The molecular formula is C22H20N3O2S+. The summed E-state index contributed by atoms with van der Waals surface area (Å²) in [4.78, 5) is 4.85. The third kappa shape index (κ3) is 3.68. The first kappa shape index (κ1) is 18.0. The molecule has 4 rings (SSSR count). The van der Waals surface area contributed by atoms with Crippen molar-refractivity contribution in [3.8, 4) is 28.6 Å². The number of para-hydroxylation sites is 2. The summed E-state index contributed by atoms with van der Waals surface area (Å²) in [7, 11) is 3.34. The van der Waals surface area contributed by atoms with Crippen LogP contribution in [0.3, 0.4) is 0 Å². The summed E-state index contributed by atoms with van der Waals surface area (Å²) in [6.07, 6.45) is 0. The van der Waals surface area contributed by atoms with E-state index >= 15 is 0 Å². The van der Waals surface area contributed by atoms with Gasteiger partial charge in [0.2, 0.25) is 0 Å². The molecule has 0 bridgehead atoms. The van der Waals surface area contributed by atoms with Crippen LogP contribution in [0.2, 0.25) is 0 Å². The van der Waals surface area contributed by atoms with Gasteiger partial charge >= 0.3 is 11.0 Å². The lowest BCUT2D eigenvalue weighted by atomic mass is 10.2. The molecule has 6 heteroatoms. The maximum atomic E-state index is 5.57. The number of nitrogens with one attached hydrogen (secondary N) is 1. The van der Waals surface area contributed by atoms with Gasteiger partial charge in [-0.1, -0.05) is 30.3 Å². The fourth-order valence-corrected chi connectivity index (χ4v) is 3.82. The average Bonchev–Trinajstić information content (AvgIpc) is 3.18. The molecule has 28 heavy (non-hydrogen) atoms. The van der Waals surface area contributed by atoms with E-state index < -0.39 is 0 Å². The number of benzene rings is 3. The lowest BCUT2D eigenvalue weighted by Gasteiger charge is -2.04. The first-order chi connectivity index (χ1) is 13.8. The Labute approximate surface area is 168 Å². The molecular weight excluding hydrogens is 370 g/mol. The third-order valence-electron chi connectivity index (χ3n) is 4.25. The third-order valence-corrected chi connectivity index (χ3v) is 5.17. The number of aromatic nitrogens is 2. The van der Waals surface area contributed by atoms with Crippen LogP contribution in [0.4, 0.5) is 10.8 Å². The van der Waals surface area contributed by atoms with Gasteiger partial charge in [-0.25, -0.2) is 0 Å². The topological polar surface area (TPSA) is 47.3 Å². The van der Waals surface area contributed by atoms with Crippen LogP contribution < -0.4 is 18.7 Å². The second-order valence-corrected chi connectivity index (χ2v) is 6.95. The van der Waals surface area contributed by atoms with E-state index in [9.17, 15) is 0 Å². The van der Waals surface area contributed by atoms with Gasteiger partial charge in [0.1, 0.15) is 17.3 Å². The first-order valence-electron chi connectivity index (χ1n) is 8.82. The predicted molar refractivity (Wildman–Crippen MR) is 112 cm³/mol. The summed E-state index contributed by atoms with van der Waals surface area (Å²) < 4.78 is 12.9. The van der Waals surface area contributed by atoms with E-state index in [1.54, 1.807) is 14.2 Å². The number of hydrogen-bond donors (Lipinski definition) is 1. The van der Waals surface area contributed by atoms with Crippen LogP contribution in [0.15, 0.2) is 78.9 Å². The molecule has 1 N–H and O–H groups in total. The Morgan fingerprint density at radius 2 is 1.54 bits per heavy atom. The summed E-state index contributed by atoms with van der Waals surface area (Å²) in [5.74, 6) is 2.47. The zero-order chi connectivity index (χ0) is 19.3. The molecule has 0 aliphatic heterocycles. The summed E-state index contributed by atoms with van der Waals surface area (Å²) in [5.41, 5.74) is 2.93. The highest BCUT2D eigenvalue weighted by molar-refractivity contribution is 7.06. The molecule has 0 unspecified atom stereocenters. The Kier molecular flexibility index (Phi) is 5.21. The zero-order valence-electron chi connectivity index (χ0n) is 15.6. The van der Waals surface area contributed by atoms with Gasteiger partial charge in [-0.15, -0.1) is 3.96 Å². The fourth-order valence-electron chi connectivity index (χ4n) is 2.87. The monoisotopic (exact) mass is 390 g/mol. The van der Waals surface area contributed by atoms with Crippen LogP contribution in [-0.4, -0.2) is 19.2 Å². The van der Waals surface area contributed by atoms with E-state index in [2.05, 4.69) is 21.4 Å². The zero-order valence-corrected chi connectivity index (χ0v) is 16.4. The summed E-state index contributed by atoms with van der Waals surface area (Å²) in [6, 6.07) is 25.8. The van der Waals surface area contributed by atoms with Crippen LogP contribution in [0.25, 0.3) is 17.1 Å². The maximum Gasteiger partial charge on any atom is 0.350 e. The molecule has 0 radical (unpaired) electrons. The van der Waals surface area contributed by atoms with Crippen LogP contribution in [0, 0.1) is 0 Å². The van der Waals surface area contributed by atoms with E-state index in [1.165, 1.54) is 11.5 Å². The summed E-state index contributed by atoms with van der Waals surface area (Å²) in [6.45, 7) is 0. The highest BCUT2D eigenvalue weighted by atomic mass is 32.1. The Balaban J connectivity index is 1.78. The fraction of sp³-hybridized carbons (Fsp3) is 0.0909. The molecule has 0 spiro atoms. The standard InChI is InChI=1S/C22H19N3O2S/c1-26-18-14-12-17(13-15-18)23-22-24-21(16-8-4-3-5-9-16)25(28-22)19-10-6-7-11-20(19)27-2/h3-15H,1-2H3/p+1. The van der Waals surface area contributed by atoms with Crippen molar-refractivity contribution in [3.05, 3.63) is 78.9 Å². The van der Waals surface area contributed by atoms with Crippen LogP contribution in [-0.2, 0) is 0 Å². The van der Waals surface area contributed by atoms with Gasteiger partial charge in [0.05, 0.1) is 19.8 Å². The molecule has 1 aromatic heterocycles. The molecule has 5 nitrogen and oxygen atoms in total. The smallest absolute Gasteiger partial charge is 0.350 e. The molecule has 0 aliphatic rings. The van der Waals surface area contributed by atoms with E-state index in [-0.39, 0.29) is 0 Å². The number of rotatable bonds is 6. The lowest BCUT2D eigenvalue weighted by Crippen LogP contribution is -2.28. The molecule has 140 valence electrons. The highest BCUT2D eigenvalue weighted by Crippen LogP contribution is 2.28. The van der Waals surface area contributed by atoms with Crippen molar-refractivity contribution >= 4 is 22.4 Å². The van der Waals surface area contributed by atoms with Crippen molar-refractivity contribution < 1.29 is 13.4 Å². The predicted octanol–water partition coefficient (Wildman–Crippen LogP) is 4.85. The largest absolute Gasteiger partial charge is 0.497 e. The van der Waals surface area contributed by atoms with Crippen molar-refractivity contribution in [1.29, 1.82) is 0 Å². The molecule has 0 saturated carbocycles. The van der Waals surface area contributed by atoms with E-state index in [4.69, 9.17) is 14.5 Å². The lowest BCUT2D eigenvalue weighted by molar-refractivity contribution is -0.510. The normalized spacial score (nSPS) is 10.5. The average molecular weight is 390 g/mol.